The van der Waals surface area contributed by atoms with Crippen molar-refractivity contribution < 1.29 is 0 Å². The zero-order valence-electron chi connectivity index (χ0n) is 10.3. The van der Waals surface area contributed by atoms with E-state index >= 15 is 0 Å². The molecule has 2 aromatic rings. The fourth-order valence-electron chi connectivity index (χ4n) is 3.00. The molecule has 0 aliphatic heterocycles. The fraction of sp³-hybridized carbons (Fsp3) is 0.500. The van der Waals surface area contributed by atoms with Crippen molar-refractivity contribution >= 4 is 17.0 Å². The van der Waals surface area contributed by atoms with Crippen LogP contribution in [0.4, 0.5) is 5.95 Å². The number of nitrogens with two attached hydrogens (primary N) is 1. The van der Waals surface area contributed by atoms with E-state index in [0.717, 1.165) is 5.52 Å². The largest absolute Gasteiger partial charge is 0.369 e. The average molecular weight is 229 g/mol. The Kier molecular flexibility index (Phi) is 2.54. The van der Waals surface area contributed by atoms with E-state index in [1.54, 1.807) is 0 Å². The third-order valence-electron chi connectivity index (χ3n) is 3.89. The molecular formula is C14H19N3. The Balaban J connectivity index is 2.14. The van der Waals surface area contributed by atoms with Crippen molar-refractivity contribution in [2.24, 2.45) is 0 Å². The predicted molar refractivity (Wildman–Crippen MR) is 71.0 cm³/mol. The molecule has 0 spiro atoms. The van der Waals surface area contributed by atoms with Gasteiger partial charge in [0.05, 0.1) is 11.0 Å². The standard InChI is InChI=1S/C14H19N3/c1-10-6-5-9-12-13(10)16-14(15)17(12)11-7-3-2-4-8-11/h5-6,9,11H,2-4,7-8H2,1H3,(H2,15,16). The maximum Gasteiger partial charge on any atom is 0.201 e. The van der Waals surface area contributed by atoms with Crippen LogP contribution in [0.5, 0.6) is 0 Å². The van der Waals surface area contributed by atoms with E-state index in [0.29, 0.717) is 12.0 Å². The van der Waals surface area contributed by atoms with Crippen LogP contribution in [-0.4, -0.2) is 9.55 Å². The van der Waals surface area contributed by atoms with E-state index in [1.165, 1.54) is 43.2 Å². The zero-order valence-corrected chi connectivity index (χ0v) is 10.3. The molecule has 0 saturated heterocycles. The van der Waals surface area contributed by atoms with Crippen LogP contribution in [0, 0.1) is 6.92 Å². The van der Waals surface area contributed by atoms with Gasteiger partial charge in [0.15, 0.2) is 0 Å². The summed E-state index contributed by atoms with van der Waals surface area (Å²) in [6.07, 6.45) is 6.47. The Morgan fingerprint density at radius 3 is 2.76 bits per heavy atom. The lowest BCUT2D eigenvalue weighted by Crippen LogP contribution is -2.14. The van der Waals surface area contributed by atoms with Gasteiger partial charge in [0.25, 0.3) is 0 Å². The third-order valence-corrected chi connectivity index (χ3v) is 3.89. The monoisotopic (exact) mass is 229 g/mol. The number of nitrogen functional groups attached to an aromatic ring is 1. The summed E-state index contributed by atoms with van der Waals surface area (Å²) in [6, 6.07) is 6.88. The minimum Gasteiger partial charge on any atom is -0.369 e. The molecule has 1 aliphatic rings. The van der Waals surface area contributed by atoms with Crippen LogP contribution in [-0.2, 0) is 0 Å². The van der Waals surface area contributed by atoms with Crippen molar-refractivity contribution in [3.63, 3.8) is 0 Å². The van der Waals surface area contributed by atoms with Crippen LogP contribution in [0.15, 0.2) is 18.2 Å². The predicted octanol–water partition coefficient (Wildman–Crippen LogP) is 3.43. The maximum atomic E-state index is 6.10. The summed E-state index contributed by atoms with van der Waals surface area (Å²) in [5.74, 6) is 0.682. The van der Waals surface area contributed by atoms with Gasteiger partial charge in [-0.3, -0.25) is 0 Å². The molecule has 1 aromatic heterocycles. The van der Waals surface area contributed by atoms with Gasteiger partial charge in [0.2, 0.25) is 5.95 Å². The minimum atomic E-state index is 0.551. The molecule has 1 fully saturated rings. The first-order chi connectivity index (χ1) is 8.27. The van der Waals surface area contributed by atoms with Gasteiger partial charge in [0, 0.05) is 6.04 Å². The lowest BCUT2D eigenvalue weighted by Gasteiger charge is -2.24. The van der Waals surface area contributed by atoms with Crippen molar-refractivity contribution in [1.29, 1.82) is 0 Å². The zero-order chi connectivity index (χ0) is 11.8. The summed E-state index contributed by atoms with van der Waals surface area (Å²) >= 11 is 0. The van der Waals surface area contributed by atoms with E-state index in [-0.39, 0.29) is 0 Å². The molecular weight excluding hydrogens is 210 g/mol. The van der Waals surface area contributed by atoms with Crippen LogP contribution >= 0.6 is 0 Å². The van der Waals surface area contributed by atoms with Gasteiger partial charge in [-0.05, 0) is 31.4 Å². The van der Waals surface area contributed by atoms with Gasteiger partial charge in [-0.25, -0.2) is 4.98 Å². The van der Waals surface area contributed by atoms with Crippen molar-refractivity contribution in [1.82, 2.24) is 9.55 Å². The van der Waals surface area contributed by atoms with E-state index < -0.39 is 0 Å². The summed E-state index contributed by atoms with van der Waals surface area (Å²) in [7, 11) is 0. The highest BCUT2D eigenvalue weighted by molar-refractivity contribution is 5.81. The molecule has 3 nitrogen and oxygen atoms in total. The number of aromatic nitrogens is 2. The molecule has 3 rings (SSSR count). The van der Waals surface area contributed by atoms with Crippen molar-refractivity contribution in [3.05, 3.63) is 23.8 Å². The molecule has 3 heteroatoms. The first-order valence-corrected chi connectivity index (χ1v) is 6.50. The summed E-state index contributed by atoms with van der Waals surface area (Å²) in [5, 5.41) is 0. The summed E-state index contributed by atoms with van der Waals surface area (Å²) in [5.41, 5.74) is 9.59. The number of nitrogens with zero attached hydrogens (tertiary/aromatic N) is 2. The second kappa shape index (κ2) is 4.06. The topological polar surface area (TPSA) is 43.8 Å². The van der Waals surface area contributed by atoms with Crippen LogP contribution in [0.1, 0.15) is 43.7 Å². The van der Waals surface area contributed by atoms with Crippen LogP contribution < -0.4 is 5.73 Å². The Bertz CT molecular complexity index is 536. The normalized spacial score (nSPS) is 17.7. The van der Waals surface area contributed by atoms with Crippen molar-refractivity contribution in [3.8, 4) is 0 Å². The molecule has 2 N–H and O–H groups in total. The summed E-state index contributed by atoms with van der Waals surface area (Å²) in [4.78, 5) is 4.53. The lowest BCUT2D eigenvalue weighted by molar-refractivity contribution is 0.363. The van der Waals surface area contributed by atoms with Gasteiger partial charge in [-0.15, -0.1) is 0 Å². The SMILES string of the molecule is Cc1cccc2c1nc(N)n2C1CCCCC1. The highest BCUT2D eigenvalue weighted by Gasteiger charge is 2.20. The molecule has 1 aromatic carbocycles. The quantitative estimate of drug-likeness (QED) is 0.814. The second-order valence-corrected chi connectivity index (χ2v) is 5.07. The summed E-state index contributed by atoms with van der Waals surface area (Å²) in [6.45, 7) is 2.10. The first kappa shape index (κ1) is 10.6. The van der Waals surface area contributed by atoms with Gasteiger partial charge in [-0.2, -0.15) is 0 Å². The Hall–Kier alpha value is -1.51. The van der Waals surface area contributed by atoms with E-state index in [1.807, 2.05) is 0 Å². The number of para-hydroxylation sites is 1. The van der Waals surface area contributed by atoms with E-state index in [4.69, 9.17) is 5.73 Å². The number of imidazole rings is 1. The Morgan fingerprint density at radius 1 is 1.24 bits per heavy atom. The van der Waals surface area contributed by atoms with Crippen LogP contribution in [0.25, 0.3) is 11.0 Å². The molecule has 0 atom stereocenters. The van der Waals surface area contributed by atoms with Crippen LogP contribution in [0.2, 0.25) is 0 Å². The molecule has 90 valence electrons. The number of benzene rings is 1. The molecule has 0 radical (unpaired) electrons. The van der Waals surface area contributed by atoms with E-state index in [9.17, 15) is 0 Å². The van der Waals surface area contributed by atoms with Gasteiger partial charge in [-0.1, -0.05) is 31.4 Å². The van der Waals surface area contributed by atoms with Crippen molar-refractivity contribution in [2.45, 2.75) is 45.1 Å². The molecule has 0 unspecified atom stereocenters. The van der Waals surface area contributed by atoms with Gasteiger partial charge < -0.3 is 10.3 Å². The van der Waals surface area contributed by atoms with E-state index in [2.05, 4.69) is 34.7 Å². The van der Waals surface area contributed by atoms with Gasteiger partial charge >= 0.3 is 0 Å². The molecule has 17 heavy (non-hydrogen) atoms. The lowest BCUT2D eigenvalue weighted by atomic mass is 9.95. The first-order valence-electron chi connectivity index (χ1n) is 6.50. The van der Waals surface area contributed by atoms with Gasteiger partial charge in [0.1, 0.15) is 0 Å². The van der Waals surface area contributed by atoms with Crippen LogP contribution in [0.3, 0.4) is 0 Å². The summed E-state index contributed by atoms with van der Waals surface area (Å²) < 4.78 is 2.25. The molecule has 0 bridgehead atoms. The number of fused-ring (bicyclic) bond motifs is 1. The number of hydrogen-bond acceptors (Lipinski definition) is 2. The highest BCUT2D eigenvalue weighted by Crippen LogP contribution is 2.33. The number of aryl methyl sites for hydroxylation is 1. The fourth-order valence-corrected chi connectivity index (χ4v) is 3.00. The Morgan fingerprint density at radius 2 is 2.00 bits per heavy atom. The average Bonchev–Trinajstić information content (AvgIpc) is 2.68. The number of hydrogen-bond donors (Lipinski definition) is 1. The Labute approximate surface area is 102 Å². The smallest absolute Gasteiger partial charge is 0.201 e. The molecule has 1 saturated carbocycles. The second-order valence-electron chi connectivity index (χ2n) is 5.07. The number of anilines is 1. The molecule has 1 aliphatic carbocycles. The number of rotatable bonds is 1. The van der Waals surface area contributed by atoms with Crippen molar-refractivity contribution in [2.75, 3.05) is 5.73 Å². The minimum absolute atomic E-state index is 0.551. The molecule has 1 heterocycles. The maximum absolute atomic E-state index is 6.10. The third kappa shape index (κ3) is 1.70. The highest BCUT2D eigenvalue weighted by atomic mass is 15.2. The molecule has 0 amide bonds.